The van der Waals surface area contributed by atoms with Crippen molar-refractivity contribution in [3.05, 3.63) is 35.4 Å². The number of amides is 1. The Morgan fingerprint density at radius 2 is 1.79 bits per heavy atom. The number of aliphatic hydroxyl groups is 3. The van der Waals surface area contributed by atoms with Gasteiger partial charge in [0.15, 0.2) is 11.5 Å². The molecule has 2 saturated carbocycles. The Morgan fingerprint density at radius 3 is 2.58 bits per heavy atom. The van der Waals surface area contributed by atoms with Crippen LogP contribution in [0, 0.1) is 64.1 Å². The van der Waals surface area contributed by atoms with E-state index in [2.05, 4.69) is 51.3 Å². The van der Waals surface area contributed by atoms with Crippen LogP contribution in [0.25, 0.3) is 0 Å². The van der Waals surface area contributed by atoms with Gasteiger partial charge < -0.3 is 55.9 Å². The molecule has 3 saturated heterocycles. The third kappa shape index (κ3) is 12.2. The van der Waals surface area contributed by atoms with Crippen LogP contribution in [0.5, 0.6) is 11.5 Å². The number of nitrogens with one attached hydrogen (secondary N) is 4. The molecular weight excluding hydrogens is 1020 g/mol. The van der Waals surface area contributed by atoms with E-state index in [-0.39, 0.29) is 77.6 Å². The van der Waals surface area contributed by atoms with Crippen molar-refractivity contribution in [1.82, 2.24) is 21.3 Å². The summed E-state index contributed by atoms with van der Waals surface area (Å²) in [6, 6.07) is 3.59. The van der Waals surface area contributed by atoms with Crippen molar-refractivity contribution >= 4 is 39.4 Å². The van der Waals surface area contributed by atoms with Gasteiger partial charge in [0.05, 0.1) is 18.3 Å². The largest absolute Gasteiger partial charge is 0.504 e. The number of piperidine rings is 2. The van der Waals surface area contributed by atoms with Gasteiger partial charge in [0.2, 0.25) is 5.91 Å². The van der Waals surface area contributed by atoms with Crippen molar-refractivity contribution in [2.24, 2.45) is 52.3 Å². The van der Waals surface area contributed by atoms with Crippen LogP contribution in [0.3, 0.4) is 0 Å². The van der Waals surface area contributed by atoms with Crippen LogP contribution in [-0.2, 0) is 23.9 Å². The van der Waals surface area contributed by atoms with Crippen molar-refractivity contribution in [3.63, 3.8) is 0 Å². The van der Waals surface area contributed by atoms with Crippen LogP contribution in [0.4, 0.5) is 0 Å². The summed E-state index contributed by atoms with van der Waals surface area (Å²) in [5, 5.41) is 62.0. The molecule has 0 bridgehead atoms. The summed E-state index contributed by atoms with van der Waals surface area (Å²) in [7, 11) is 5.32. The highest BCUT2D eigenvalue weighted by atomic mass is 33.1. The first-order valence-electron chi connectivity index (χ1n) is 30.4. The molecule has 14 nitrogen and oxygen atoms in total. The first-order chi connectivity index (χ1) is 37.7. The highest BCUT2D eigenvalue weighted by Gasteiger charge is 2.60. The zero-order chi connectivity index (χ0) is 54.7. The Labute approximate surface area is 472 Å². The summed E-state index contributed by atoms with van der Waals surface area (Å²) in [5.74, 6) is 8.07. The number of ether oxygens (including phenoxy) is 3. The first-order valence-corrected chi connectivity index (χ1v) is 32.8. The molecule has 1 aromatic rings. The average Bonchev–Trinajstić information content (AvgIpc) is 3.95. The number of hydrogen-bond donors (Lipinski definition) is 8. The number of aromatic hydroxyl groups is 1. The van der Waals surface area contributed by atoms with E-state index in [1.165, 1.54) is 6.92 Å². The molecule has 16 heteroatoms. The van der Waals surface area contributed by atoms with E-state index in [0.717, 1.165) is 88.4 Å². The molecule has 0 radical (unpaired) electrons. The van der Waals surface area contributed by atoms with Crippen molar-refractivity contribution in [1.29, 1.82) is 0 Å². The Kier molecular flexibility index (Phi) is 18.8. The molecule has 8 N–H and O–H groups in total. The number of aliphatic hydroxyl groups excluding tert-OH is 2. The molecule has 5 aliphatic carbocycles. The maximum Gasteiger partial charge on any atom is 0.332 e. The van der Waals surface area contributed by atoms with Crippen LogP contribution in [0.2, 0.25) is 0 Å². The number of carbonyl (C=O) groups excluding carboxylic acids is 3. The number of fused-ring (bicyclic) bond motifs is 5. The summed E-state index contributed by atoms with van der Waals surface area (Å²) in [5.41, 5.74) is -1.39. The highest BCUT2D eigenvalue weighted by Crippen LogP contribution is 2.65. The molecule has 78 heavy (non-hydrogen) atoms. The van der Waals surface area contributed by atoms with Gasteiger partial charge in [-0.05, 0) is 165 Å². The predicted molar refractivity (Wildman–Crippen MR) is 306 cm³/mol. The lowest BCUT2D eigenvalue weighted by Gasteiger charge is -2.56. The van der Waals surface area contributed by atoms with Crippen LogP contribution < -0.4 is 26.0 Å². The lowest BCUT2D eigenvalue weighted by molar-refractivity contribution is -0.183. The van der Waals surface area contributed by atoms with Crippen molar-refractivity contribution in [2.75, 3.05) is 57.9 Å². The minimum absolute atomic E-state index is 0.00698. The Bertz CT molecular complexity index is 2360. The molecule has 1 spiro atoms. The summed E-state index contributed by atoms with van der Waals surface area (Å²) >= 11 is 0. The molecule has 4 aliphatic heterocycles. The van der Waals surface area contributed by atoms with Gasteiger partial charge in [-0.2, -0.15) is 0 Å². The summed E-state index contributed by atoms with van der Waals surface area (Å²) in [4.78, 5) is 43.2. The van der Waals surface area contributed by atoms with Gasteiger partial charge in [-0.3, -0.25) is 9.59 Å². The molecule has 432 valence electrons. The molecule has 10 rings (SSSR count). The van der Waals surface area contributed by atoms with Crippen LogP contribution in [0.15, 0.2) is 24.3 Å². The monoisotopic (exact) mass is 1120 g/mol. The second kappa shape index (κ2) is 25.2. The minimum Gasteiger partial charge on any atom is -0.504 e. The van der Waals surface area contributed by atoms with Crippen molar-refractivity contribution < 1.29 is 49.0 Å². The van der Waals surface area contributed by atoms with E-state index < -0.39 is 46.8 Å². The van der Waals surface area contributed by atoms with Crippen LogP contribution >= 0.6 is 21.6 Å². The SMILES string of the molecule is CNCC[C@H]1CC=C[C@H](CN[C@@H]2CSSC[C@@](C)(O)C[C@H]3CC#C[C@H]4C[C@H]5c6c(ccc(O)c6OC[C@H]5C5(CO)CCCC5)[C@H]4C4(CCNCC4)[C@H](OC(=O)[C@]45CCCC[C@H]4CCC(=O)N5)C[C@H](OC(C)=O)[C@H]3CC[C@H]2O)C1. The number of esters is 2. The normalized spacial score (nSPS) is 38.5. The van der Waals surface area contributed by atoms with Gasteiger partial charge in [0.25, 0.3) is 0 Å². The topological polar surface area (TPSA) is 208 Å². The predicted octanol–water partition coefficient (Wildman–Crippen LogP) is 8.05. The molecule has 4 heterocycles. The summed E-state index contributed by atoms with van der Waals surface area (Å²) < 4.78 is 20.8. The highest BCUT2D eigenvalue weighted by molar-refractivity contribution is 8.76. The Balaban J connectivity index is 1.08. The van der Waals surface area contributed by atoms with E-state index >= 15 is 4.79 Å². The van der Waals surface area contributed by atoms with E-state index in [0.29, 0.717) is 113 Å². The van der Waals surface area contributed by atoms with E-state index in [1.54, 1.807) is 27.7 Å². The van der Waals surface area contributed by atoms with E-state index in [1.807, 2.05) is 14.0 Å². The minimum atomic E-state index is -1.18. The zero-order valence-electron chi connectivity index (χ0n) is 46.9. The molecule has 0 unspecified atom stereocenters. The fourth-order valence-corrected chi connectivity index (χ4v) is 19.9. The van der Waals surface area contributed by atoms with Crippen molar-refractivity contribution in [2.45, 2.75) is 196 Å². The van der Waals surface area contributed by atoms with Gasteiger partial charge in [-0.1, -0.05) is 71.4 Å². The molecule has 9 aliphatic rings. The van der Waals surface area contributed by atoms with Gasteiger partial charge in [0, 0.05) is 97.0 Å². The van der Waals surface area contributed by atoms with Gasteiger partial charge >= 0.3 is 11.9 Å². The second-order valence-corrected chi connectivity index (χ2v) is 28.5. The third-order valence-electron chi connectivity index (χ3n) is 21.1. The number of benzene rings is 1. The zero-order valence-corrected chi connectivity index (χ0v) is 48.5. The molecule has 1 amide bonds. The number of allylic oxidation sites excluding steroid dienone is 1. The lowest BCUT2D eigenvalue weighted by atomic mass is 9.51. The molecule has 5 fully saturated rings. The number of carbonyl (C=O) groups is 3. The van der Waals surface area contributed by atoms with Gasteiger partial charge in [0.1, 0.15) is 17.7 Å². The van der Waals surface area contributed by atoms with Crippen LogP contribution in [-0.4, -0.2) is 132 Å². The lowest BCUT2D eigenvalue weighted by Crippen LogP contribution is -2.65. The molecular formula is C62H92N4O10S2. The third-order valence-corrected chi connectivity index (χ3v) is 23.8. The molecule has 1 aromatic carbocycles. The van der Waals surface area contributed by atoms with Gasteiger partial charge in [-0.15, -0.1) is 5.92 Å². The fraction of sp³-hybridized carbons (Fsp3) is 0.790. The average molecular weight is 1120 g/mol. The maximum absolute atomic E-state index is 15.8. The standard InChI is InChI=1S/C62H92N4O10S2/c1-39(68)75-52-32-53(76-58(72)62-24-5-4-14-44(62)15-20-54(71)66-62)61(25-28-64-29-26-61)56-42(31-47-48(60(37-67)22-6-7-23-60)35-74-57-51(70)19-17-46(56)55(47)57)12-9-13-43-33-59(2,73)38-78-77-36-49(50(69)18-16-45(43)52)65-34-41-11-8-10-40(30-41)21-27-63-3/h8,11,17,19,40-45,47-50,52-53,56,63-65,67,69-70,73H,4-7,10,13-16,18,20-38H2,1-3H3,(H,66,71)/t40-,41+,42+,43-,44+,45+,47-,48-,49-,50-,52+,53-,56+,59+,62+/m1/s1. The second-order valence-electron chi connectivity index (χ2n) is 26.0. The fourth-order valence-electron chi connectivity index (χ4n) is 17.1. The number of phenolic OH excluding ortho intramolecular Hbond substituents is 1. The molecule has 15 atom stereocenters. The number of hydrogen-bond acceptors (Lipinski definition) is 15. The summed E-state index contributed by atoms with van der Waals surface area (Å²) in [6.45, 7) is 6.83. The molecule has 0 aromatic heterocycles. The van der Waals surface area contributed by atoms with E-state index in [9.17, 15) is 30.0 Å². The van der Waals surface area contributed by atoms with Crippen LogP contribution in [0.1, 0.15) is 172 Å². The number of rotatable bonds is 11. The number of phenols is 1. The quantitative estimate of drug-likeness (QED) is 0.0457. The smallest absolute Gasteiger partial charge is 0.332 e. The van der Waals surface area contributed by atoms with Crippen molar-refractivity contribution in [3.8, 4) is 23.3 Å². The Morgan fingerprint density at radius 1 is 0.987 bits per heavy atom. The summed E-state index contributed by atoms with van der Waals surface area (Å²) in [6.07, 6.45) is 17.3. The first kappa shape index (κ1) is 58.2. The van der Waals surface area contributed by atoms with E-state index in [4.69, 9.17) is 14.2 Å². The maximum atomic E-state index is 15.8. The van der Waals surface area contributed by atoms with Gasteiger partial charge in [-0.25, -0.2) is 4.79 Å². The Hall–Kier alpha value is -3.01.